The summed E-state index contributed by atoms with van der Waals surface area (Å²) < 4.78 is 5.33. The number of hydrogen-bond acceptors (Lipinski definition) is 4. The van der Waals surface area contributed by atoms with Crippen molar-refractivity contribution in [2.45, 2.75) is 32.4 Å². The first kappa shape index (κ1) is 14.2. The molecule has 1 unspecified atom stereocenters. The Balaban J connectivity index is 3.05. The molecule has 0 aliphatic carbocycles. The minimum absolute atomic E-state index is 0.317. The molecule has 0 rings (SSSR count). The highest BCUT2D eigenvalue weighted by Gasteiger charge is 2.01. The molecule has 14 heavy (non-hydrogen) atoms. The lowest BCUT2D eigenvalue weighted by Gasteiger charge is -2.10. The average molecular weight is 221 g/mol. The van der Waals surface area contributed by atoms with Crippen molar-refractivity contribution in [2.75, 3.05) is 31.8 Å². The number of nitrogens with one attached hydrogen (secondary N) is 1. The number of thioether (sulfide) groups is 1. The van der Waals surface area contributed by atoms with Crippen LogP contribution in [0.4, 0.5) is 0 Å². The molecule has 0 radical (unpaired) electrons. The highest BCUT2D eigenvalue weighted by molar-refractivity contribution is 7.98. The second kappa shape index (κ2) is 9.77. The van der Waals surface area contributed by atoms with Gasteiger partial charge in [0.15, 0.2) is 0 Å². The Hall–Kier alpha value is 0.230. The molecule has 0 saturated heterocycles. The normalized spacial score (nSPS) is 13.5. The van der Waals surface area contributed by atoms with Crippen LogP contribution in [0, 0.1) is 0 Å². The Bertz CT molecular complexity index is 123. The predicted octanol–water partition coefficient (Wildman–Crippen LogP) is 1.11. The Kier molecular flexibility index (Phi) is 9.93. The molecular weight excluding hydrogens is 198 g/mol. The first-order valence-corrected chi connectivity index (χ1v) is 6.54. The molecule has 0 heterocycles. The van der Waals surface area contributed by atoms with E-state index in [9.17, 15) is 5.11 Å². The highest BCUT2D eigenvalue weighted by Crippen LogP contribution is 1.97. The molecule has 0 bridgehead atoms. The summed E-state index contributed by atoms with van der Waals surface area (Å²) in [5.41, 5.74) is 0. The van der Waals surface area contributed by atoms with Gasteiger partial charge in [-0.3, -0.25) is 0 Å². The molecule has 4 heteroatoms. The minimum Gasteiger partial charge on any atom is -0.390 e. The van der Waals surface area contributed by atoms with Gasteiger partial charge in [0.1, 0.15) is 0 Å². The van der Waals surface area contributed by atoms with E-state index in [2.05, 4.69) is 19.2 Å². The highest BCUT2D eigenvalue weighted by atomic mass is 32.2. The van der Waals surface area contributed by atoms with Crippen LogP contribution in [0.25, 0.3) is 0 Å². The molecule has 0 aromatic heterocycles. The molecule has 0 aromatic carbocycles. The Labute approximate surface area is 91.6 Å². The molecule has 0 fully saturated rings. The van der Waals surface area contributed by atoms with Crippen LogP contribution in [0.3, 0.4) is 0 Å². The van der Waals surface area contributed by atoms with Gasteiger partial charge in [-0.1, -0.05) is 13.8 Å². The summed E-state index contributed by atoms with van der Waals surface area (Å²) in [5, 5.41) is 12.6. The van der Waals surface area contributed by atoms with Crippen molar-refractivity contribution in [3.05, 3.63) is 0 Å². The molecule has 2 N–H and O–H groups in total. The van der Waals surface area contributed by atoms with Crippen LogP contribution in [-0.2, 0) is 4.74 Å². The zero-order valence-electron chi connectivity index (χ0n) is 9.45. The fourth-order valence-corrected chi connectivity index (χ4v) is 1.51. The monoisotopic (exact) mass is 221 g/mol. The van der Waals surface area contributed by atoms with Crippen LogP contribution >= 0.6 is 11.8 Å². The summed E-state index contributed by atoms with van der Waals surface area (Å²) in [5.74, 6) is 0.754. The minimum atomic E-state index is -0.317. The van der Waals surface area contributed by atoms with Crippen LogP contribution in [0.5, 0.6) is 0 Å². The maximum absolute atomic E-state index is 9.33. The van der Waals surface area contributed by atoms with Gasteiger partial charge in [0.25, 0.3) is 0 Å². The van der Waals surface area contributed by atoms with Gasteiger partial charge in [0, 0.05) is 18.4 Å². The molecule has 3 nitrogen and oxygen atoms in total. The van der Waals surface area contributed by atoms with Gasteiger partial charge in [-0.05, 0) is 19.2 Å². The molecule has 1 atom stereocenters. The van der Waals surface area contributed by atoms with Crippen LogP contribution in [0.2, 0.25) is 0 Å². The second-order valence-electron chi connectivity index (χ2n) is 3.65. The fourth-order valence-electron chi connectivity index (χ4n) is 1.02. The van der Waals surface area contributed by atoms with E-state index in [0.29, 0.717) is 12.6 Å². The van der Waals surface area contributed by atoms with Gasteiger partial charge in [-0.25, -0.2) is 0 Å². The number of hydrogen-bond donors (Lipinski definition) is 2. The summed E-state index contributed by atoms with van der Waals surface area (Å²) in [6.07, 6.45) is 2.67. The van der Waals surface area contributed by atoms with Crippen molar-refractivity contribution in [3.63, 3.8) is 0 Å². The number of ether oxygens (including phenoxy) is 1. The van der Waals surface area contributed by atoms with Crippen molar-refractivity contribution < 1.29 is 9.84 Å². The van der Waals surface area contributed by atoms with Crippen molar-refractivity contribution in [1.29, 1.82) is 0 Å². The molecule has 0 spiro atoms. The Morgan fingerprint density at radius 3 is 2.71 bits per heavy atom. The molecule has 0 aromatic rings. The molecule has 0 amide bonds. The first-order chi connectivity index (χ1) is 6.66. The van der Waals surface area contributed by atoms with Crippen molar-refractivity contribution in [1.82, 2.24) is 5.32 Å². The van der Waals surface area contributed by atoms with Crippen molar-refractivity contribution >= 4 is 11.8 Å². The third-order valence-corrected chi connectivity index (χ3v) is 2.41. The van der Waals surface area contributed by atoms with E-state index in [1.165, 1.54) is 0 Å². The Morgan fingerprint density at radius 2 is 2.14 bits per heavy atom. The van der Waals surface area contributed by atoms with Crippen LogP contribution in [-0.4, -0.2) is 49.0 Å². The third-order valence-electron chi connectivity index (χ3n) is 1.69. The lowest BCUT2D eigenvalue weighted by Crippen LogP contribution is -2.25. The molecule has 86 valence electrons. The molecular formula is C10H23NO2S. The van der Waals surface area contributed by atoms with Gasteiger partial charge in [-0.15, -0.1) is 0 Å². The lowest BCUT2D eigenvalue weighted by atomic mass is 10.3. The van der Waals surface area contributed by atoms with E-state index < -0.39 is 0 Å². The van der Waals surface area contributed by atoms with E-state index in [1.54, 1.807) is 11.8 Å². The molecule has 0 aliphatic heterocycles. The number of aliphatic hydroxyl groups is 1. The molecule has 0 saturated carbocycles. The maximum atomic E-state index is 9.33. The van der Waals surface area contributed by atoms with Crippen LogP contribution in [0.15, 0.2) is 0 Å². The third kappa shape index (κ3) is 10.3. The number of rotatable bonds is 9. The Morgan fingerprint density at radius 1 is 1.43 bits per heavy atom. The van der Waals surface area contributed by atoms with Crippen LogP contribution < -0.4 is 5.32 Å². The quantitative estimate of drug-likeness (QED) is 0.572. The largest absolute Gasteiger partial charge is 0.390 e. The van der Waals surface area contributed by atoms with E-state index in [1.807, 2.05) is 6.26 Å². The summed E-state index contributed by atoms with van der Waals surface area (Å²) in [4.78, 5) is 0. The van der Waals surface area contributed by atoms with Gasteiger partial charge in [-0.2, -0.15) is 11.8 Å². The smallest absolute Gasteiger partial charge is 0.0863 e. The predicted molar refractivity (Wildman–Crippen MR) is 63.0 cm³/mol. The topological polar surface area (TPSA) is 41.5 Å². The van der Waals surface area contributed by atoms with E-state index in [-0.39, 0.29) is 6.10 Å². The maximum Gasteiger partial charge on any atom is 0.0863 e. The van der Waals surface area contributed by atoms with Gasteiger partial charge in [0.05, 0.1) is 12.7 Å². The standard InChI is InChI=1S/C10H23NO2S/c1-9(2)11-5-4-6-13-7-10(12)8-14-3/h9-12H,4-8H2,1-3H3. The van der Waals surface area contributed by atoms with Gasteiger partial charge < -0.3 is 15.2 Å². The van der Waals surface area contributed by atoms with E-state index in [4.69, 9.17) is 4.74 Å². The fraction of sp³-hybridized carbons (Fsp3) is 1.00. The number of aliphatic hydroxyl groups excluding tert-OH is 1. The summed E-state index contributed by atoms with van der Waals surface area (Å²) in [7, 11) is 0. The first-order valence-electron chi connectivity index (χ1n) is 5.15. The van der Waals surface area contributed by atoms with Crippen LogP contribution in [0.1, 0.15) is 20.3 Å². The lowest BCUT2D eigenvalue weighted by molar-refractivity contribution is 0.0475. The zero-order chi connectivity index (χ0) is 10.8. The summed E-state index contributed by atoms with van der Waals surface area (Å²) in [6, 6.07) is 0.539. The second-order valence-corrected chi connectivity index (χ2v) is 4.56. The summed E-state index contributed by atoms with van der Waals surface area (Å²) in [6.45, 7) is 6.43. The SMILES string of the molecule is CSCC(O)COCCCNC(C)C. The van der Waals surface area contributed by atoms with E-state index in [0.717, 1.165) is 25.3 Å². The van der Waals surface area contributed by atoms with Crippen molar-refractivity contribution in [3.8, 4) is 0 Å². The van der Waals surface area contributed by atoms with Crippen molar-refractivity contribution in [2.24, 2.45) is 0 Å². The average Bonchev–Trinajstić information content (AvgIpc) is 2.11. The van der Waals surface area contributed by atoms with Gasteiger partial charge >= 0.3 is 0 Å². The zero-order valence-corrected chi connectivity index (χ0v) is 10.3. The molecule has 0 aliphatic rings. The van der Waals surface area contributed by atoms with Gasteiger partial charge in [0.2, 0.25) is 0 Å². The van der Waals surface area contributed by atoms with E-state index >= 15 is 0 Å². The summed E-state index contributed by atoms with van der Waals surface area (Å²) >= 11 is 1.64.